The lowest BCUT2D eigenvalue weighted by Crippen LogP contribution is -1.72. The Morgan fingerprint density at radius 1 is 0.625 bits per heavy atom. The summed E-state index contributed by atoms with van der Waals surface area (Å²) >= 11 is 12.1. The highest BCUT2D eigenvalue weighted by atomic mass is 35.5. The van der Waals surface area contributed by atoms with E-state index in [2.05, 4.69) is 0 Å². The summed E-state index contributed by atoms with van der Waals surface area (Å²) in [7, 11) is 3.23. The SMILES string of the molecule is Clc1ccccc1SSc1ccccc1Cl. The van der Waals surface area contributed by atoms with E-state index < -0.39 is 0 Å². The highest BCUT2D eigenvalue weighted by Crippen LogP contribution is 2.42. The molecule has 0 atom stereocenters. The maximum absolute atomic E-state index is 6.06. The van der Waals surface area contributed by atoms with Crippen molar-refractivity contribution >= 4 is 44.8 Å². The van der Waals surface area contributed by atoms with E-state index in [1.165, 1.54) is 0 Å². The molecule has 0 aliphatic rings. The molecule has 2 rings (SSSR count). The van der Waals surface area contributed by atoms with Crippen LogP contribution in [0.1, 0.15) is 0 Å². The van der Waals surface area contributed by atoms with Crippen LogP contribution in [0.3, 0.4) is 0 Å². The molecule has 0 heterocycles. The Labute approximate surface area is 113 Å². The van der Waals surface area contributed by atoms with Gasteiger partial charge in [0, 0.05) is 9.79 Å². The van der Waals surface area contributed by atoms with Crippen LogP contribution >= 0.6 is 44.8 Å². The van der Waals surface area contributed by atoms with Crippen molar-refractivity contribution in [1.29, 1.82) is 0 Å². The van der Waals surface area contributed by atoms with E-state index in [0.29, 0.717) is 0 Å². The van der Waals surface area contributed by atoms with Crippen LogP contribution in [0.15, 0.2) is 58.3 Å². The van der Waals surface area contributed by atoms with E-state index in [-0.39, 0.29) is 0 Å². The molecule has 2 aromatic carbocycles. The summed E-state index contributed by atoms with van der Waals surface area (Å²) in [6, 6.07) is 15.6. The molecule has 0 nitrogen and oxygen atoms in total. The zero-order chi connectivity index (χ0) is 11.4. The van der Waals surface area contributed by atoms with Gasteiger partial charge in [-0.1, -0.05) is 69.1 Å². The first-order valence-corrected chi connectivity index (χ1v) is 7.51. The van der Waals surface area contributed by atoms with Gasteiger partial charge in [-0.25, -0.2) is 0 Å². The zero-order valence-corrected chi connectivity index (χ0v) is 11.3. The Morgan fingerprint density at radius 2 is 1.00 bits per heavy atom. The lowest BCUT2D eigenvalue weighted by molar-refractivity contribution is 1.46. The van der Waals surface area contributed by atoms with Crippen LogP contribution in [0.25, 0.3) is 0 Å². The van der Waals surface area contributed by atoms with Crippen LogP contribution in [0.4, 0.5) is 0 Å². The summed E-state index contributed by atoms with van der Waals surface area (Å²) in [5.74, 6) is 0. The third-order valence-electron chi connectivity index (χ3n) is 1.89. The number of halogens is 2. The molecule has 0 aliphatic heterocycles. The fourth-order valence-corrected chi connectivity index (χ4v) is 4.05. The average Bonchev–Trinajstić information content (AvgIpc) is 2.30. The summed E-state index contributed by atoms with van der Waals surface area (Å²) in [6.45, 7) is 0. The fourth-order valence-electron chi connectivity index (χ4n) is 1.11. The molecule has 16 heavy (non-hydrogen) atoms. The predicted octanol–water partition coefficient (Wildman–Crippen LogP) is 5.79. The first-order valence-electron chi connectivity index (χ1n) is 4.61. The van der Waals surface area contributed by atoms with Crippen LogP contribution in [0.2, 0.25) is 10.0 Å². The Morgan fingerprint density at radius 3 is 1.38 bits per heavy atom. The molecule has 0 fully saturated rings. The van der Waals surface area contributed by atoms with E-state index in [4.69, 9.17) is 23.2 Å². The van der Waals surface area contributed by atoms with Gasteiger partial charge in [-0.05, 0) is 24.3 Å². The molecule has 0 aliphatic carbocycles. The van der Waals surface area contributed by atoms with Gasteiger partial charge in [-0.3, -0.25) is 0 Å². The normalized spacial score (nSPS) is 10.4. The summed E-state index contributed by atoms with van der Waals surface area (Å²) in [5, 5.41) is 1.54. The number of rotatable bonds is 3. The molecule has 0 bridgehead atoms. The molecule has 0 saturated carbocycles. The molecular weight excluding hydrogens is 279 g/mol. The smallest absolute Gasteiger partial charge is 0.0550 e. The van der Waals surface area contributed by atoms with Gasteiger partial charge in [-0.15, -0.1) is 0 Å². The van der Waals surface area contributed by atoms with E-state index in [1.807, 2.05) is 48.5 Å². The molecule has 0 radical (unpaired) electrons. The monoisotopic (exact) mass is 286 g/mol. The van der Waals surface area contributed by atoms with Gasteiger partial charge in [0.2, 0.25) is 0 Å². The maximum Gasteiger partial charge on any atom is 0.0550 e. The van der Waals surface area contributed by atoms with Gasteiger partial charge in [0.05, 0.1) is 10.0 Å². The molecule has 0 aromatic heterocycles. The Kier molecular flexibility index (Phi) is 4.47. The minimum absolute atomic E-state index is 0.770. The molecule has 0 saturated heterocycles. The van der Waals surface area contributed by atoms with Gasteiger partial charge >= 0.3 is 0 Å². The van der Waals surface area contributed by atoms with Crippen molar-refractivity contribution in [3.8, 4) is 0 Å². The highest BCUT2D eigenvalue weighted by Gasteiger charge is 2.03. The van der Waals surface area contributed by atoms with Crippen molar-refractivity contribution < 1.29 is 0 Å². The average molecular weight is 287 g/mol. The van der Waals surface area contributed by atoms with Gasteiger partial charge < -0.3 is 0 Å². The number of benzene rings is 2. The molecule has 0 amide bonds. The van der Waals surface area contributed by atoms with E-state index in [1.54, 1.807) is 21.6 Å². The second-order valence-corrected chi connectivity index (χ2v) is 6.05. The first kappa shape index (κ1) is 12.2. The Bertz CT molecular complexity index is 440. The molecule has 0 spiro atoms. The van der Waals surface area contributed by atoms with Crippen molar-refractivity contribution in [1.82, 2.24) is 0 Å². The largest absolute Gasteiger partial charge is 0.0831 e. The standard InChI is InChI=1S/C12H8Cl2S2/c13-9-5-1-3-7-11(9)15-16-12-8-4-2-6-10(12)14/h1-8H. The molecule has 2 aromatic rings. The molecule has 82 valence electrons. The quantitative estimate of drug-likeness (QED) is 0.655. The van der Waals surface area contributed by atoms with Crippen LogP contribution in [-0.4, -0.2) is 0 Å². The van der Waals surface area contributed by atoms with Crippen molar-refractivity contribution in [3.63, 3.8) is 0 Å². The topological polar surface area (TPSA) is 0 Å². The minimum Gasteiger partial charge on any atom is -0.0831 e. The summed E-state index contributed by atoms with van der Waals surface area (Å²) in [6.07, 6.45) is 0. The molecular formula is C12H8Cl2S2. The fraction of sp³-hybridized carbons (Fsp3) is 0. The Hall–Kier alpha value is -0.280. The van der Waals surface area contributed by atoms with Crippen molar-refractivity contribution in [2.24, 2.45) is 0 Å². The second-order valence-electron chi connectivity index (χ2n) is 3.03. The summed E-state index contributed by atoms with van der Waals surface area (Å²) in [5.41, 5.74) is 0. The lowest BCUT2D eigenvalue weighted by atomic mass is 10.4. The molecule has 0 N–H and O–H groups in total. The molecule has 0 unspecified atom stereocenters. The van der Waals surface area contributed by atoms with Crippen molar-refractivity contribution in [2.45, 2.75) is 9.79 Å². The van der Waals surface area contributed by atoms with Crippen LogP contribution in [0, 0.1) is 0 Å². The minimum atomic E-state index is 0.770. The summed E-state index contributed by atoms with van der Waals surface area (Å²) in [4.78, 5) is 2.10. The third-order valence-corrected chi connectivity index (χ3v) is 5.26. The Balaban J connectivity index is 2.09. The van der Waals surface area contributed by atoms with Crippen LogP contribution in [-0.2, 0) is 0 Å². The lowest BCUT2D eigenvalue weighted by Gasteiger charge is -2.04. The van der Waals surface area contributed by atoms with E-state index in [0.717, 1.165) is 19.8 Å². The van der Waals surface area contributed by atoms with Crippen LogP contribution < -0.4 is 0 Å². The van der Waals surface area contributed by atoms with E-state index >= 15 is 0 Å². The highest BCUT2D eigenvalue weighted by molar-refractivity contribution is 8.76. The first-order chi connectivity index (χ1) is 7.77. The molecule has 4 heteroatoms. The van der Waals surface area contributed by atoms with Gasteiger partial charge in [0.15, 0.2) is 0 Å². The van der Waals surface area contributed by atoms with Crippen LogP contribution in [0.5, 0.6) is 0 Å². The van der Waals surface area contributed by atoms with Crippen molar-refractivity contribution in [2.75, 3.05) is 0 Å². The number of hydrogen-bond acceptors (Lipinski definition) is 2. The van der Waals surface area contributed by atoms with Gasteiger partial charge in [0.1, 0.15) is 0 Å². The van der Waals surface area contributed by atoms with Crippen molar-refractivity contribution in [3.05, 3.63) is 58.6 Å². The second kappa shape index (κ2) is 5.87. The van der Waals surface area contributed by atoms with Gasteiger partial charge in [0.25, 0.3) is 0 Å². The van der Waals surface area contributed by atoms with Gasteiger partial charge in [-0.2, -0.15) is 0 Å². The predicted molar refractivity (Wildman–Crippen MR) is 74.6 cm³/mol. The zero-order valence-electron chi connectivity index (χ0n) is 8.19. The van der Waals surface area contributed by atoms with E-state index in [9.17, 15) is 0 Å². The summed E-state index contributed by atoms with van der Waals surface area (Å²) < 4.78 is 0. The number of hydrogen-bond donors (Lipinski definition) is 0. The maximum atomic E-state index is 6.06. The third kappa shape index (κ3) is 3.11.